The fourth-order valence-corrected chi connectivity index (χ4v) is 3.91. The molecular weight excluding hydrogens is 206 g/mol. The van der Waals surface area contributed by atoms with Crippen LogP contribution in [0.1, 0.15) is 38.5 Å². The lowest BCUT2D eigenvalue weighted by molar-refractivity contribution is -0.115. The fourth-order valence-electron chi connectivity index (χ4n) is 2.60. The Labute approximate surface area is 94.2 Å². The normalized spacial score (nSPS) is 30.8. The van der Waals surface area contributed by atoms with E-state index in [1.807, 2.05) is 11.8 Å². The molecule has 0 radical (unpaired) electrons. The highest BCUT2D eigenvalue weighted by molar-refractivity contribution is 8.00. The molecule has 2 nitrogen and oxygen atoms in total. The van der Waals surface area contributed by atoms with Crippen LogP contribution < -0.4 is 0 Å². The first kappa shape index (κ1) is 9.64. The first-order chi connectivity index (χ1) is 7.34. The SMILES string of the molecule is O=C1CCC2=C1CC1SCCCCC1=N2. The van der Waals surface area contributed by atoms with Gasteiger partial charge in [-0.25, -0.2) is 0 Å². The fraction of sp³-hybridized carbons (Fsp3) is 0.667. The highest BCUT2D eigenvalue weighted by atomic mass is 32.2. The number of rotatable bonds is 0. The summed E-state index contributed by atoms with van der Waals surface area (Å²) >= 11 is 2.00. The summed E-state index contributed by atoms with van der Waals surface area (Å²) in [5.74, 6) is 1.60. The first-order valence-corrected chi connectivity index (χ1v) is 6.84. The third kappa shape index (κ3) is 1.67. The number of carbonyl (C=O) groups is 1. The van der Waals surface area contributed by atoms with E-state index >= 15 is 0 Å². The van der Waals surface area contributed by atoms with E-state index in [2.05, 4.69) is 0 Å². The lowest BCUT2D eigenvalue weighted by Gasteiger charge is -2.21. The Bertz CT molecular complexity index is 370. The number of allylic oxidation sites excluding steroid dienone is 2. The first-order valence-electron chi connectivity index (χ1n) is 5.79. The Morgan fingerprint density at radius 3 is 3.07 bits per heavy atom. The zero-order valence-electron chi connectivity index (χ0n) is 8.79. The van der Waals surface area contributed by atoms with Gasteiger partial charge < -0.3 is 0 Å². The second kappa shape index (κ2) is 3.78. The maximum atomic E-state index is 11.6. The second-order valence-electron chi connectivity index (χ2n) is 4.47. The van der Waals surface area contributed by atoms with Crippen molar-refractivity contribution in [3.63, 3.8) is 0 Å². The van der Waals surface area contributed by atoms with Crippen LogP contribution in [0.2, 0.25) is 0 Å². The summed E-state index contributed by atoms with van der Waals surface area (Å²) in [6, 6.07) is 0. The Balaban J connectivity index is 1.92. The lowest BCUT2D eigenvalue weighted by atomic mass is 9.99. The van der Waals surface area contributed by atoms with Crippen LogP contribution in [-0.4, -0.2) is 22.5 Å². The minimum absolute atomic E-state index is 0.359. The predicted octanol–water partition coefficient (Wildman–Crippen LogP) is 2.73. The molecular formula is C12H15NOS. The molecule has 0 aromatic heterocycles. The Kier molecular flexibility index (Phi) is 2.43. The van der Waals surface area contributed by atoms with Gasteiger partial charge in [0.1, 0.15) is 0 Å². The summed E-state index contributed by atoms with van der Waals surface area (Å²) in [6.45, 7) is 0. The molecule has 0 saturated carbocycles. The number of hydrogen-bond donors (Lipinski definition) is 0. The number of Topliss-reactive ketones (excluding diaryl/α,β-unsaturated/α-hetero) is 1. The molecule has 1 atom stereocenters. The molecule has 1 aliphatic carbocycles. The lowest BCUT2D eigenvalue weighted by Crippen LogP contribution is -2.22. The van der Waals surface area contributed by atoms with E-state index in [-0.39, 0.29) is 0 Å². The standard InChI is InChI=1S/C12H15NOS/c14-11-5-4-9-8(11)7-12-10(13-9)3-1-2-6-15-12/h12H,1-7H2. The monoisotopic (exact) mass is 221 g/mol. The van der Waals surface area contributed by atoms with Crippen LogP contribution in [0.15, 0.2) is 16.3 Å². The van der Waals surface area contributed by atoms with Gasteiger partial charge in [0.15, 0.2) is 5.78 Å². The smallest absolute Gasteiger partial charge is 0.161 e. The van der Waals surface area contributed by atoms with Gasteiger partial charge in [-0.1, -0.05) is 0 Å². The highest BCUT2D eigenvalue weighted by Crippen LogP contribution is 2.37. The number of ketones is 1. The Hall–Kier alpha value is -0.570. The summed E-state index contributed by atoms with van der Waals surface area (Å²) in [7, 11) is 0. The van der Waals surface area contributed by atoms with E-state index in [0.717, 1.165) is 30.5 Å². The Morgan fingerprint density at radius 2 is 2.13 bits per heavy atom. The molecule has 0 bridgehead atoms. The minimum Gasteiger partial charge on any atom is -0.294 e. The van der Waals surface area contributed by atoms with Gasteiger partial charge in [0, 0.05) is 28.7 Å². The van der Waals surface area contributed by atoms with E-state index in [1.54, 1.807) is 0 Å². The van der Waals surface area contributed by atoms with Crippen molar-refractivity contribution in [2.45, 2.75) is 43.8 Å². The Morgan fingerprint density at radius 1 is 1.20 bits per heavy atom. The third-order valence-corrected chi connectivity index (χ3v) is 4.83. The number of thioether (sulfide) groups is 1. The van der Waals surface area contributed by atoms with Gasteiger partial charge in [-0.3, -0.25) is 9.79 Å². The number of nitrogens with zero attached hydrogens (tertiary/aromatic N) is 1. The van der Waals surface area contributed by atoms with Crippen LogP contribution in [0.25, 0.3) is 0 Å². The van der Waals surface area contributed by atoms with Crippen molar-refractivity contribution >= 4 is 23.3 Å². The van der Waals surface area contributed by atoms with Crippen LogP contribution in [0.3, 0.4) is 0 Å². The van der Waals surface area contributed by atoms with Gasteiger partial charge in [0.2, 0.25) is 0 Å². The van der Waals surface area contributed by atoms with Gasteiger partial charge in [0.25, 0.3) is 0 Å². The molecule has 2 heterocycles. The zero-order chi connectivity index (χ0) is 10.3. The van der Waals surface area contributed by atoms with E-state index in [1.165, 1.54) is 24.3 Å². The van der Waals surface area contributed by atoms with Gasteiger partial charge >= 0.3 is 0 Å². The van der Waals surface area contributed by atoms with E-state index < -0.39 is 0 Å². The molecule has 2 aliphatic heterocycles. The van der Waals surface area contributed by atoms with Crippen molar-refractivity contribution in [2.24, 2.45) is 4.99 Å². The van der Waals surface area contributed by atoms with Crippen molar-refractivity contribution in [3.8, 4) is 0 Å². The molecule has 0 N–H and O–H groups in total. The van der Waals surface area contributed by atoms with Crippen molar-refractivity contribution in [2.75, 3.05) is 5.75 Å². The average molecular weight is 221 g/mol. The summed E-state index contributed by atoms with van der Waals surface area (Å²) < 4.78 is 0. The van der Waals surface area contributed by atoms with Crippen LogP contribution in [0.4, 0.5) is 0 Å². The molecule has 15 heavy (non-hydrogen) atoms. The van der Waals surface area contributed by atoms with Gasteiger partial charge in [-0.05, 0) is 37.9 Å². The molecule has 3 rings (SSSR count). The van der Waals surface area contributed by atoms with Crippen LogP contribution in [-0.2, 0) is 4.79 Å². The summed E-state index contributed by atoms with van der Waals surface area (Å²) in [5, 5.41) is 0.522. The maximum Gasteiger partial charge on any atom is 0.161 e. The van der Waals surface area contributed by atoms with Gasteiger partial charge in [0.05, 0.1) is 0 Å². The summed E-state index contributed by atoms with van der Waals surface area (Å²) in [4.78, 5) is 16.4. The molecule has 0 aromatic rings. The van der Waals surface area contributed by atoms with Crippen molar-refractivity contribution < 1.29 is 4.79 Å². The molecule has 1 fully saturated rings. The van der Waals surface area contributed by atoms with Crippen LogP contribution in [0.5, 0.6) is 0 Å². The average Bonchev–Trinajstić information content (AvgIpc) is 2.49. The number of hydrogen-bond acceptors (Lipinski definition) is 3. The van der Waals surface area contributed by atoms with E-state index in [0.29, 0.717) is 17.5 Å². The van der Waals surface area contributed by atoms with Crippen molar-refractivity contribution in [1.82, 2.24) is 0 Å². The molecule has 1 unspecified atom stereocenters. The van der Waals surface area contributed by atoms with Gasteiger partial charge in [-0.2, -0.15) is 11.8 Å². The largest absolute Gasteiger partial charge is 0.294 e. The number of fused-ring (bicyclic) bond motifs is 1. The minimum atomic E-state index is 0.359. The molecule has 3 aliphatic rings. The summed E-state index contributed by atoms with van der Waals surface area (Å²) in [5.41, 5.74) is 3.54. The highest BCUT2D eigenvalue weighted by Gasteiger charge is 2.32. The van der Waals surface area contributed by atoms with Crippen LogP contribution in [0, 0.1) is 0 Å². The molecule has 0 aromatic carbocycles. The van der Waals surface area contributed by atoms with E-state index in [4.69, 9.17) is 4.99 Å². The van der Waals surface area contributed by atoms with Crippen molar-refractivity contribution in [1.29, 1.82) is 0 Å². The van der Waals surface area contributed by atoms with Crippen molar-refractivity contribution in [3.05, 3.63) is 11.3 Å². The molecule has 80 valence electrons. The molecule has 0 spiro atoms. The predicted molar refractivity (Wildman–Crippen MR) is 63.4 cm³/mol. The molecule has 0 amide bonds. The summed E-state index contributed by atoms with van der Waals surface area (Å²) in [6.07, 6.45) is 6.31. The molecule has 1 saturated heterocycles. The third-order valence-electron chi connectivity index (χ3n) is 3.46. The van der Waals surface area contributed by atoms with Crippen LogP contribution >= 0.6 is 11.8 Å². The van der Waals surface area contributed by atoms with E-state index in [9.17, 15) is 4.79 Å². The zero-order valence-corrected chi connectivity index (χ0v) is 9.61. The topological polar surface area (TPSA) is 29.4 Å². The maximum absolute atomic E-state index is 11.6. The van der Waals surface area contributed by atoms with Gasteiger partial charge in [-0.15, -0.1) is 0 Å². The second-order valence-corrected chi connectivity index (χ2v) is 5.78. The number of carbonyl (C=O) groups excluding carboxylic acids is 1. The quantitative estimate of drug-likeness (QED) is 0.629. The number of aliphatic imine (C=N–C) groups is 1. The molecule has 3 heteroatoms.